The molecule has 0 saturated carbocycles. The van der Waals surface area contributed by atoms with Gasteiger partial charge < -0.3 is 0 Å². The average molecular weight is 263 g/mol. The van der Waals surface area contributed by atoms with Crippen molar-refractivity contribution in [3.05, 3.63) is 64.1 Å². The predicted molar refractivity (Wildman–Crippen MR) is 80.0 cm³/mol. The zero-order chi connectivity index (χ0) is 12.8. The molecule has 2 aromatic rings. The zero-order valence-electron chi connectivity index (χ0n) is 9.96. The lowest BCUT2D eigenvalue weighted by Gasteiger charge is -1.92. The highest BCUT2D eigenvalue weighted by molar-refractivity contribution is 7.16. The van der Waals surface area contributed by atoms with Gasteiger partial charge in [-0.2, -0.15) is 0 Å². The molecule has 2 aromatic carbocycles. The molecule has 0 N–H and O–H groups in total. The van der Waals surface area contributed by atoms with Gasteiger partial charge in [-0.25, -0.2) is 4.98 Å². The monoisotopic (exact) mass is 263 g/mol. The van der Waals surface area contributed by atoms with Gasteiger partial charge in [0.2, 0.25) is 0 Å². The minimum Gasteiger partial charge on any atom is -0.288 e. The van der Waals surface area contributed by atoms with Crippen molar-refractivity contribution in [1.29, 1.82) is 0 Å². The Morgan fingerprint density at radius 1 is 0.895 bits per heavy atom. The van der Waals surface area contributed by atoms with Gasteiger partial charge in [0.25, 0.3) is 0 Å². The number of nitrogens with zero attached hydrogens (tertiary/aromatic N) is 1. The van der Waals surface area contributed by atoms with Crippen molar-refractivity contribution in [2.75, 3.05) is 0 Å². The van der Waals surface area contributed by atoms with Crippen LogP contribution in [0, 0.1) is 0 Å². The number of para-hydroxylation sites is 1. The highest BCUT2D eigenvalue weighted by Gasteiger charge is 2.16. The third-order valence-corrected chi connectivity index (χ3v) is 4.28. The molecule has 0 amide bonds. The molecule has 19 heavy (non-hydrogen) atoms. The second kappa shape index (κ2) is 3.87. The van der Waals surface area contributed by atoms with E-state index >= 15 is 0 Å². The Morgan fingerprint density at radius 2 is 1.63 bits per heavy atom. The summed E-state index contributed by atoms with van der Waals surface area (Å²) in [6.07, 6.45) is 0. The molecule has 90 valence electrons. The summed E-state index contributed by atoms with van der Waals surface area (Å²) < 4.78 is 1.09. The molecular formula is C16H9NOS. The van der Waals surface area contributed by atoms with Crippen LogP contribution in [0.4, 0.5) is 0 Å². The van der Waals surface area contributed by atoms with Gasteiger partial charge in [0, 0.05) is 16.2 Å². The maximum absolute atomic E-state index is 12.4. The van der Waals surface area contributed by atoms with Crippen molar-refractivity contribution in [3.63, 3.8) is 0 Å². The van der Waals surface area contributed by atoms with Gasteiger partial charge >= 0.3 is 0 Å². The quantitative estimate of drug-likeness (QED) is 0.481. The van der Waals surface area contributed by atoms with Crippen LogP contribution in [-0.4, -0.2) is 4.98 Å². The Labute approximate surface area is 113 Å². The lowest BCUT2D eigenvalue weighted by atomic mass is 10.2. The molecule has 3 heteroatoms. The van der Waals surface area contributed by atoms with E-state index in [1.165, 1.54) is 0 Å². The molecule has 0 aromatic heterocycles. The van der Waals surface area contributed by atoms with E-state index in [1.54, 1.807) is 11.3 Å². The largest absolute Gasteiger partial charge is 0.288 e. The minimum absolute atomic E-state index is 0.0784. The molecule has 1 aliphatic heterocycles. The van der Waals surface area contributed by atoms with E-state index in [0.717, 1.165) is 26.7 Å². The van der Waals surface area contributed by atoms with E-state index in [-0.39, 0.29) is 5.43 Å². The molecule has 0 bridgehead atoms. The Balaban J connectivity index is 2.30. The van der Waals surface area contributed by atoms with Gasteiger partial charge in [0.05, 0.1) is 21.5 Å². The Hall–Kier alpha value is -2.26. The summed E-state index contributed by atoms with van der Waals surface area (Å²) in [5, 5.41) is 3.62. The van der Waals surface area contributed by atoms with Crippen molar-refractivity contribution >= 4 is 32.3 Å². The van der Waals surface area contributed by atoms with E-state index in [1.807, 2.05) is 53.9 Å². The number of rotatable bonds is 0. The standard InChI is InChI=1S/C16H9NOS/c18-16-11-6-2-1-5-10(11)15-12(16)9-19-14-8-4-3-7-13(14)17-15/h1-9H. The lowest BCUT2D eigenvalue weighted by Crippen LogP contribution is -1.94. The van der Waals surface area contributed by atoms with Crippen molar-refractivity contribution in [2.45, 2.75) is 0 Å². The fourth-order valence-electron chi connectivity index (χ4n) is 2.41. The molecule has 1 aliphatic carbocycles. The minimum atomic E-state index is 0.0784. The number of fused-ring (bicyclic) bond motifs is 4. The predicted octanol–water partition coefficient (Wildman–Crippen LogP) is 3.91. The third-order valence-electron chi connectivity index (χ3n) is 3.33. The summed E-state index contributed by atoms with van der Waals surface area (Å²) in [7, 11) is 0. The summed E-state index contributed by atoms with van der Waals surface area (Å²) in [5.74, 6) is 0. The van der Waals surface area contributed by atoms with Crippen molar-refractivity contribution in [2.24, 2.45) is 0 Å². The summed E-state index contributed by atoms with van der Waals surface area (Å²) in [5.41, 5.74) is 2.52. The van der Waals surface area contributed by atoms with E-state index in [2.05, 4.69) is 0 Å². The summed E-state index contributed by atoms with van der Waals surface area (Å²) in [4.78, 5) is 17.1. The smallest absolute Gasteiger partial charge is 0.196 e. The van der Waals surface area contributed by atoms with Crippen LogP contribution in [0.5, 0.6) is 0 Å². The van der Waals surface area contributed by atoms with E-state index in [0.29, 0.717) is 5.56 Å². The van der Waals surface area contributed by atoms with E-state index in [4.69, 9.17) is 4.98 Å². The molecule has 1 heterocycles. The zero-order valence-corrected chi connectivity index (χ0v) is 10.8. The molecule has 0 fully saturated rings. The molecule has 0 unspecified atom stereocenters. The number of hydrogen-bond donors (Lipinski definition) is 0. The van der Waals surface area contributed by atoms with Crippen LogP contribution >= 0.6 is 11.3 Å². The van der Waals surface area contributed by atoms with Gasteiger partial charge in [-0.15, -0.1) is 11.3 Å². The normalized spacial score (nSPS) is 11.4. The summed E-state index contributed by atoms with van der Waals surface area (Å²) >= 11 is 1.56. The van der Waals surface area contributed by atoms with Gasteiger partial charge in [-0.05, 0) is 12.1 Å². The Bertz CT molecular complexity index is 942. The van der Waals surface area contributed by atoms with Crippen LogP contribution in [0.2, 0.25) is 0 Å². The fraction of sp³-hybridized carbons (Fsp3) is 0. The first-order valence-electron chi connectivity index (χ1n) is 6.03. The van der Waals surface area contributed by atoms with Crippen molar-refractivity contribution in [1.82, 2.24) is 4.98 Å². The van der Waals surface area contributed by atoms with Gasteiger partial charge in [-0.1, -0.05) is 36.4 Å². The molecule has 2 nitrogen and oxygen atoms in total. The first-order chi connectivity index (χ1) is 9.34. The van der Waals surface area contributed by atoms with Crippen LogP contribution in [0.1, 0.15) is 0 Å². The maximum atomic E-state index is 12.4. The van der Waals surface area contributed by atoms with Crippen molar-refractivity contribution in [3.8, 4) is 11.3 Å². The van der Waals surface area contributed by atoms with Crippen LogP contribution in [0.3, 0.4) is 0 Å². The van der Waals surface area contributed by atoms with E-state index < -0.39 is 0 Å². The average Bonchev–Trinajstić information content (AvgIpc) is 2.63. The second-order valence-electron chi connectivity index (χ2n) is 4.45. The van der Waals surface area contributed by atoms with E-state index in [9.17, 15) is 4.79 Å². The first kappa shape index (κ1) is 10.6. The SMILES string of the molecule is O=c1c2csc3ccccc3nc-2c2ccccc12. The van der Waals surface area contributed by atoms with Crippen LogP contribution in [0.15, 0.2) is 58.7 Å². The number of aromatic nitrogens is 1. The first-order valence-corrected chi connectivity index (χ1v) is 6.91. The number of benzene rings is 2. The molecule has 0 radical (unpaired) electrons. The number of hydrogen-bond acceptors (Lipinski definition) is 3. The van der Waals surface area contributed by atoms with Crippen LogP contribution in [-0.2, 0) is 0 Å². The van der Waals surface area contributed by atoms with Gasteiger partial charge in [0.15, 0.2) is 5.43 Å². The summed E-state index contributed by atoms with van der Waals surface area (Å²) in [6, 6.07) is 15.6. The Morgan fingerprint density at radius 3 is 2.53 bits per heavy atom. The molecule has 0 saturated heterocycles. The van der Waals surface area contributed by atoms with Crippen molar-refractivity contribution < 1.29 is 0 Å². The summed E-state index contributed by atoms with van der Waals surface area (Å²) in [6.45, 7) is 0. The van der Waals surface area contributed by atoms with Gasteiger partial charge in [0.1, 0.15) is 0 Å². The highest BCUT2D eigenvalue weighted by atomic mass is 32.1. The molecule has 4 rings (SSSR count). The lowest BCUT2D eigenvalue weighted by molar-refractivity contribution is 1.46. The second-order valence-corrected chi connectivity index (χ2v) is 5.36. The molecule has 0 atom stereocenters. The highest BCUT2D eigenvalue weighted by Crippen LogP contribution is 2.30. The molecule has 0 spiro atoms. The Kier molecular flexibility index (Phi) is 2.17. The van der Waals surface area contributed by atoms with Gasteiger partial charge in [-0.3, -0.25) is 4.79 Å². The topological polar surface area (TPSA) is 30.0 Å². The third kappa shape index (κ3) is 1.48. The van der Waals surface area contributed by atoms with Crippen LogP contribution < -0.4 is 5.43 Å². The molecular weight excluding hydrogens is 254 g/mol. The fourth-order valence-corrected chi connectivity index (χ4v) is 3.26. The molecule has 2 aliphatic rings. The van der Waals surface area contributed by atoms with Crippen LogP contribution in [0.25, 0.3) is 32.2 Å². The maximum Gasteiger partial charge on any atom is 0.196 e.